The number of hydrogen-bond acceptors (Lipinski definition) is 1. The highest BCUT2D eigenvalue weighted by atomic mass is 35.5. The molecule has 0 amide bonds. The third-order valence-corrected chi connectivity index (χ3v) is 4.22. The molecule has 2 aromatic carbocycles. The van der Waals surface area contributed by atoms with Gasteiger partial charge in [-0.05, 0) is 60.2 Å². The number of halogens is 3. The molecular formula is C17H17Cl2FO. The van der Waals surface area contributed by atoms with E-state index in [0.717, 1.165) is 17.7 Å². The van der Waals surface area contributed by atoms with Gasteiger partial charge in [0.25, 0.3) is 0 Å². The summed E-state index contributed by atoms with van der Waals surface area (Å²) in [5, 5.41) is 0.584. The average molecular weight is 327 g/mol. The number of benzene rings is 2. The number of ether oxygens (including phenoxy) is 1. The van der Waals surface area contributed by atoms with Crippen molar-refractivity contribution in [3.8, 4) is 5.75 Å². The zero-order chi connectivity index (χ0) is 15.2. The molecule has 0 aliphatic rings. The van der Waals surface area contributed by atoms with E-state index < -0.39 is 0 Å². The van der Waals surface area contributed by atoms with Crippen molar-refractivity contribution in [1.82, 2.24) is 0 Å². The van der Waals surface area contributed by atoms with E-state index in [2.05, 4.69) is 0 Å². The first-order chi connectivity index (χ1) is 10.1. The van der Waals surface area contributed by atoms with Crippen molar-refractivity contribution < 1.29 is 9.13 Å². The normalized spacial score (nSPS) is 12.2. The third kappa shape index (κ3) is 4.62. The maximum absolute atomic E-state index is 13.3. The fourth-order valence-corrected chi connectivity index (χ4v) is 2.70. The molecule has 112 valence electrons. The minimum atomic E-state index is -0.271. The first kappa shape index (κ1) is 16.1. The second kappa shape index (κ2) is 7.67. The van der Waals surface area contributed by atoms with Gasteiger partial charge < -0.3 is 4.74 Å². The van der Waals surface area contributed by atoms with Crippen molar-refractivity contribution in [3.05, 3.63) is 64.4 Å². The molecule has 2 aromatic rings. The molecule has 0 aliphatic carbocycles. The van der Waals surface area contributed by atoms with Crippen LogP contribution in [0.1, 0.15) is 11.1 Å². The predicted octanol–water partition coefficient (Wildman–Crippen LogP) is 5.13. The molecular weight excluding hydrogens is 310 g/mol. The monoisotopic (exact) mass is 326 g/mol. The summed E-state index contributed by atoms with van der Waals surface area (Å²) in [4.78, 5) is 0. The van der Waals surface area contributed by atoms with Gasteiger partial charge in [0, 0.05) is 10.9 Å². The van der Waals surface area contributed by atoms with Gasteiger partial charge in [0.15, 0.2) is 0 Å². The largest absolute Gasteiger partial charge is 0.497 e. The van der Waals surface area contributed by atoms with Crippen LogP contribution in [0.4, 0.5) is 4.39 Å². The van der Waals surface area contributed by atoms with Gasteiger partial charge in [0.05, 0.1) is 7.11 Å². The SMILES string of the molecule is COc1ccc(CC(CCl)Cc2cc(F)ccc2Cl)cc1. The van der Waals surface area contributed by atoms with Crippen LogP contribution in [-0.4, -0.2) is 13.0 Å². The molecule has 0 fully saturated rings. The van der Waals surface area contributed by atoms with E-state index in [1.54, 1.807) is 13.2 Å². The number of alkyl halides is 1. The van der Waals surface area contributed by atoms with Crippen LogP contribution in [0.25, 0.3) is 0 Å². The highest BCUT2D eigenvalue weighted by molar-refractivity contribution is 6.31. The van der Waals surface area contributed by atoms with E-state index in [0.29, 0.717) is 17.3 Å². The Hall–Kier alpha value is -1.25. The van der Waals surface area contributed by atoms with E-state index in [1.807, 2.05) is 24.3 Å². The van der Waals surface area contributed by atoms with Gasteiger partial charge in [-0.3, -0.25) is 0 Å². The standard InChI is InChI=1S/C17H17Cl2FO/c1-21-16-5-2-12(3-6-16)8-13(11-18)9-14-10-15(20)4-7-17(14)19/h2-7,10,13H,8-9,11H2,1H3. The van der Waals surface area contributed by atoms with Gasteiger partial charge >= 0.3 is 0 Å². The molecule has 0 bridgehead atoms. The first-order valence-electron chi connectivity index (χ1n) is 6.75. The molecule has 0 aromatic heterocycles. The van der Waals surface area contributed by atoms with E-state index in [-0.39, 0.29) is 11.7 Å². The minimum Gasteiger partial charge on any atom is -0.497 e. The van der Waals surface area contributed by atoms with Crippen LogP contribution in [-0.2, 0) is 12.8 Å². The Kier molecular flexibility index (Phi) is 5.89. The van der Waals surface area contributed by atoms with Crippen molar-refractivity contribution in [1.29, 1.82) is 0 Å². The zero-order valence-electron chi connectivity index (χ0n) is 11.8. The molecule has 1 nitrogen and oxygen atoms in total. The Balaban J connectivity index is 2.07. The van der Waals surface area contributed by atoms with E-state index in [1.165, 1.54) is 17.7 Å². The molecule has 2 rings (SSSR count). The summed E-state index contributed by atoms with van der Waals surface area (Å²) in [7, 11) is 1.64. The van der Waals surface area contributed by atoms with Crippen LogP contribution in [0.2, 0.25) is 5.02 Å². The van der Waals surface area contributed by atoms with Crippen molar-refractivity contribution >= 4 is 23.2 Å². The molecule has 21 heavy (non-hydrogen) atoms. The Morgan fingerprint density at radius 3 is 2.43 bits per heavy atom. The van der Waals surface area contributed by atoms with Gasteiger partial charge in [-0.25, -0.2) is 4.39 Å². The Morgan fingerprint density at radius 1 is 1.10 bits per heavy atom. The summed E-state index contributed by atoms with van der Waals surface area (Å²) >= 11 is 12.2. The highest BCUT2D eigenvalue weighted by Gasteiger charge is 2.13. The lowest BCUT2D eigenvalue weighted by atomic mass is 9.94. The topological polar surface area (TPSA) is 9.23 Å². The molecule has 1 unspecified atom stereocenters. The summed E-state index contributed by atoms with van der Waals surface area (Å²) in [6.07, 6.45) is 1.48. The lowest BCUT2D eigenvalue weighted by molar-refractivity contribution is 0.414. The number of methoxy groups -OCH3 is 1. The Morgan fingerprint density at radius 2 is 1.81 bits per heavy atom. The second-order valence-corrected chi connectivity index (χ2v) is 5.73. The zero-order valence-corrected chi connectivity index (χ0v) is 13.3. The molecule has 4 heteroatoms. The van der Waals surface area contributed by atoms with Gasteiger partial charge in [-0.2, -0.15) is 0 Å². The molecule has 0 aliphatic heterocycles. The smallest absolute Gasteiger partial charge is 0.123 e. The summed E-state index contributed by atoms with van der Waals surface area (Å²) in [6, 6.07) is 12.3. The maximum atomic E-state index is 13.3. The van der Waals surface area contributed by atoms with Crippen LogP contribution < -0.4 is 4.74 Å². The van der Waals surface area contributed by atoms with Gasteiger partial charge in [0.2, 0.25) is 0 Å². The fourth-order valence-electron chi connectivity index (χ4n) is 2.29. The Bertz CT molecular complexity index is 584. The summed E-state index contributed by atoms with van der Waals surface area (Å²) in [6.45, 7) is 0. The molecule has 1 atom stereocenters. The van der Waals surface area contributed by atoms with Crippen LogP contribution in [0, 0.1) is 11.7 Å². The summed E-state index contributed by atoms with van der Waals surface area (Å²) in [5.41, 5.74) is 1.98. The lowest BCUT2D eigenvalue weighted by Crippen LogP contribution is -2.10. The average Bonchev–Trinajstić information content (AvgIpc) is 2.51. The van der Waals surface area contributed by atoms with E-state index in [9.17, 15) is 4.39 Å². The van der Waals surface area contributed by atoms with Crippen molar-refractivity contribution in [2.24, 2.45) is 5.92 Å². The van der Waals surface area contributed by atoms with Crippen molar-refractivity contribution in [2.45, 2.75) is 12.8 Å². The highest BCUT2D eigenvalue weighted by Crippen LogP contribution is 2.24. The maximum Gasteiger partial charge on any atom is 0.123 e. The summed E-state index contributed by atoms with van der Waals surface area (Å²) < 4.78 is 18.4. The Labute approximate surface area is 134 Å². The van der Waals surface area contributed by atoms with Gasteiger partial charge in [-0.15, -0.1) is 11.6 Å². The first-order valence-corrected chi connectivity index (χ1v) is 7.66. The molecule has 0 saturated heterocycles. The van der Waals surface area contributed by atoms with Gasteiger partial charge in [0.1, 0.15) is 11.6 Å². The van der Waals surface area contributed by atoms with E-state index in [4.69, 9.17) is 27.9 Å². The summed E-state index contributed by atoms with van der Waals surface area (Å²) in [5.74, 6) is 1.26. The van der Waals surface area contributed by atoms with Crippen LogP contribution in [0.5, 0.6) is 5.75 Å². The molecule has 0 radical (unpaired) electrons. The van der Waals surface area contributed by atoms with Crippen LogP contribution >= 0.6 is 23.2 Å². The number of rotatable bonds is 6. The van der Waals surface area contributed by atoms with E-state index >= 15 is 0 Å². The lowest BCUT2D eigenvalue weighted by Gasteiger charge is -2.15. The number of hydrogen-bond donors (Lipinski definition) is 0. The second-order valence-electron chi connectivity index (χ2n) is 5.01. The molecule has 0 spiro atoms. The molecule has 0 heterocycles. The van der Waals surface area contributed by atoms with Crippen molar-refractivity contribution in [3.63, 3.8) is 0 Å². The van der Waals surface area contributed by atoms with Crippen LogP contribution in [0.3, 0.4) is 0 Å². The fraction of sp³-hybridized carbons (Fsp3) is 0.294. The molecule has 0 N–H and O–H groups in total. The minimum absolute atomic E-state index is 0.208. The quantitative estimate of drug-likeness (QED) is 0.669. The van der Waals surface area contributed by atoms with Crippen LogP contribution in [0.15, 0.2) is 42.5 Å². The van der Waals surface area contributed by atoms with Gasteiger partial charge in [-0.1, -0.05) is 23.7 Å². The third-order valence-electron chi connectivity index (χ3n) is 3.42. The van der Waals surface area contributed by atoms with Crippen molar-refractivity contribution in [2.75, 3.05) is 13.0 Å². The molecule has 0 saturated carbocycles. The predicted molar refractivity (Wildman–Crippen MR) is 86.0 cm³/mol.